The average Bonchev–Trinajstić information content (AvgIpc) is 2.44. The maximum atomic E-state index is 12.1. The van der Waals surface area contributed by atoms with Gasteiger partial charge in [0.25, 0.3) is 0 Å². The van der Waals surface area contributed by atoms with Crippen LogP contribution in [0.5, 0.6) is 0 Å². The monoisotopic (exact) mass is 387 g/mol. The molecule has 0 saturated heterocycles. The molecule has 24 heavy (non-hydrogen) atoms. The van der Waals surface area contributed by atoms with E-state index in [1.54, 1.807) is 24.1 Å². The first-order valence-corrected chi connectivity index (χ1v) is 11.1. The molecular weight excluding hydrogens is 370 g/mol. The number of rotatable bonds is 5. The first kappa shape index (κ1) is 18.8. The molecule has 0 saturated carbocycles. The van der Waals surface area contributed by atoms with Crippen LogP contribution in [-0.4, -0.2) is 36.4 Å². The summed E-state index contributed by atoms with van der Waals surface area (Å²) in [5.74, 6) is 0. The fourth-order valence-corrected chi connectivity index (χ4v) is 4.21. The van der Waals surface area contributed by atoms with Crippen LogP contribution in [0, 0.1) is 0 Å². The van der Waals surface area contributed by atoms with Crippen LogP contribution in [0.15, 0.2) is 52.3 Å². The summed E-state index contributed by atoms with van der Waals surface area (Å²) in [6.07, 6.45) is 2.11. The average molecular weight is 388 g/mol. The van der Waals surface area contributed by atoms with E-state index in [1.165, 1.54) is 18.2 Å². The largest absolute Gasteiger partial charge is 0.369 e. The summed E-state index contributed by atoms with van der Waals surface area (Å²) in [6.45, 7) is 0.432. The fraction of sp³-hybridized carbons (Fsp3) is 0.250. The Hall–Kier alpha value is -1.57. The van der Waals surface area contributed by atoms with Gasteiger partial charge in [-0.3, -0.25) is 0 Å². The fourth-order valence-electron chi connectivity index (χ4n) is 2.33. The normalized spacial score (nSPS) is 12.2. The second-order valence-electron chi connectivity index (χ2n) is 5.66. The topological polar surface area (TPSA) is 71.5 Å². The van der Waals surface area contributed by atoms with Crippen LogP contribution in [0.2, 0.25) is 5.02 Å². The van der Waals surface area contributed by atoms with E-state index in [4.69, 9.17) is 11.6 Å². The molecule has 2 aromatic rings. The lowest BCUT2D eigenvalue weighted by molar-refractivity contribution is 0.600. The summed E-state index contributed by atoms with van der Waals surface area (Å²) in [7, 11) is -5.35. The van der Waals surface area contributed by atoms with Gasteiger partial charge in [0.05, 0.1) is 15.5 Å². The Morgan fingerprint density at radius 1 is 0.958 bits per heavy atom. The molecule has 130 valence electrons. The molecule has 2 rings (SSSR count). The molecule has 8 heteroatoms. The first-order chi connectivity index (χ1) is 11.0. The molecule has 0 fully saturated rings. The second kappa shape index (κ2) is 6.74. The highest BCUT2D eigenvalue weighted by Crippen LogP contribution is 2.29. The zero-order chi connectivity index (χ0) is 18.1. The van der Waals surface area contributed by atoms with Crippen LogP contribution in [0.3, 0.4) is 0 Å². The third-order valence-electron chi connectivity index (χ3n) is 3.48. The second-order valence-corrected chi connectivity index (χ2v) is 10.1. The SMILES string of the molecule is CN(Cc1cccc(Cl)c1)c1ccc(S(C)(=O)=O)cc1S(C)(=O)=O. The van der Waals surface area contributed by atoms with Gasteiger partial charge in [-0.2, -0.15) is 0 Å². The number of nitrogens with zero attached hydrogens (tertiary/aromatic N) is 1. The van der Waals surface area contributed by atoms with E-state index in [2.05, 4.69) is 0 Å². The number of sulfone groups is 2. The highest BCUT2D eigenvalue weighted by atomic mass is 35.5. The number of hydrogen-bond donors (Lipinski definition) is 0. The minimum Gasteiger partial charge on any atom is -0.369 e. The maximum Gasteiger partial charge on any atom is 0.177 e. The van der Waals surface area contributed by atoms with Crippen molar-refractivity contribution in [1.82, 2.24) is 0 Å². The molecule has 0 aromatic heterocycles. The van der Waals surface area contributed by atoms with Crippen LogP contribution in [0.4, 0.5) is 5.69 Å². The van der Waals surface area contributed by atoms with E-state index >= 15 is 0 Å². The molecule has 0 unspecified atom stereocenters. The van der Waals surface area contributed by atoms with Crippen LogP contribution in [0.1, 0.15) is 5.56 Å². The van der Waals surface area contributed by atoms with E-state index in [1.807, 2.05) is 12.1 Å². The van der Waals surface area contributed by atoms with Gasteiger partial charge in [-0.05, 0) is 35.9 Å². The van der Waals surface area contributed by atoms with Gasteiger partial charge in [-0.15, -0.1) is 0 Å². The van der Waals surface area contributed by atoms with Crippen molar-refractivity contribution in [2.45, 2.75) is 16.3 Å². The number of benzene rings is 2. The van der Waals surface area contributed by atoms with Gasteiger partial charge >= 0.3 is 0 Å². The maximum absolute atomic E-state index is 12.1. The minimum absolute atomic E-state index is 0.0186. The van der Waals surface area contributed by atoms with E-state index in [0.29, 0.717) is 17.3 Å². The van der Waals surface area contributed by atoms with Gasteiger partial charge in [0.2, 0.25) is 0 Å². The molecule has 0 N–H and O–H groups in total. The van der Waals surface area contributed by atoms with Gasteiger partial charge in [0.15, 0.2) is 19.7 Å². The Balaban J connectivity index is 2.49. The Kier molecular flexibility index (Phi) is 5.27. The summed E-state index contributed by atoms with van der Waals surface area (Å²) in [4.78, 5) is 1.70. The van der Waals surface area contributed by atoms with Crippen LogP contribution >= 0.6 is 11.6 Å². The molecular formula is C16H18ClNO4S2. The van der Waals surface area contributed by atoms with E-state index < -0.39 is 19.7 Å². The van der Waals surface area contributed by atoms with Crippen LogP contribution in [-0.2, 0) is 26.2 Å². The Bertz CT molecular complexity index is 969. The van der Waals surface area contributed by atoms with Crippen molar-refractivity contribution in [1.29, 1.82) is 0 Å². The lowest BCUT2D eigenvalue weighted by Gasteiger charge is -2.22. The van der Waals surface area contributed by atoms with Crippen molar-refractivity contribution in [3.63, 3.8) is 0 Å². The molecule has 0 heterocycles. The van der Waals surface area contributed by atoms with Crippen LogP contribution in [0.25, 0.3) is 0 Å². The molecule has 0 aliphatic heterocycles. The summed E-state index contributed by atoms with van der Waals surface area (Å²) >= 11 is 5.97. The van der Waals surface area contributed by atoms with Crippen molar-refractivity contribution in [2.75, 3.05) is 24.5 Å². The standard InChI is InChI=1S/C16H18ClNO4S2/c1-18(11-12-5-4-6-13(17)9-12)15-8-7-14(23(2,19)20)10-16(15)24(3,21)22/h4-10H,11H2,1-3H3. The van der Waals surface area contributed by atoms with Crippen molar-refractivity contribution in [2.24, 2.45) is 0 Å². The number of halogens is 1. The van der Waals surface area contributed by atoms with Gasteiger partial charge in [0, 0.05) is 31.1 Å². The zero-order valence-electron chi connectivity index (χ0n) is 13.5. The van der Waals surface area contributed by atoms with Crippen LogP contribution < -0.4 is 4.90 Å². The molecule has 0 radical (unpaired) electrons. The Morgan fingerprint density at radius 2 is 1.62 bits per heavy atom. The van der Waals surface area contributed by atoms with Crippen molar-refractivity contribution < 1.29 is 16.8 Å². The van der Waals surface area contributed by atoms with Crippen molar-refractivity contribution >= 4 is 37.0 Å². The third-order valence-corrected chi connectivity index (χ3v) is 5.95. The van der Waals surface area contributed by atoms with Crippen molar-refractivity contribution in [3.8, 4) is 0 Å². The van der Waals surface area contributed by atoms with Crippen molar-refractivity contribution in [3.05, 3.63) is 53.1 Å². The summed E-state index contributed by atoms with van der Waals surface area (Å²) < 4.78 is 47.6. The molecule has 5 nitrogen and oxygen atoms in total. The highest BCUT2D eigenvalue weighted by Gasteiger charge is 2.20. The molecule has 0 atom stereocenters. The molecule has 0 aliphatic rings. The van der Waals surface area contributed by atoms with Gasteiger partial charge in [-0.25, -0.2) is 16.8 Å². The predicted molar refractivity (Wildman–Crippen MR) is 96.2 cm³/mol. The van der Waals surface area contributed by atoms with Gasteiger partial charge < -0.3 is 4.90 Å². The molecule has 0 amide bonds. The van der Waals surface area contributed by atoms with Gasteiger partial charge in [0.1, 0.15) is 0 Å². The summed E-state index contributed by atoms with van der Waals surface area (Å²) in [6, 6.07) is 11.4. The quantitative estimate of drug-likeness (QED) is 0.788. The van der Waals surface area contributed by atoms with E-state index in [9.17, 15) is 16.8 Å². The Labute approximate surface area is 147 Å². The highest BCUT2D eigenvalue weighted by molar-refractivity contribution is 7.91. The van der Waals surface area contributed by atoms with E-state index in [0.717, 1.165) is 18.1 Å². The number of hydrogen-bond acceptors (Lipinski definition) is 5. The summed E-state index contributed by atoms with van der Waals surface area (Å²) in [5, 5.41) is 0.594. The van der Waals surface area contributed by atoms with Gasteiger partial charge in [-0.1, -0.05) is 23.7 Å². The lowest BCUT2D eigenvalue weighted by atomic mass is 10.2. The predicted octanol–water partition coefficient (Wildman–Crippen LogP) is 2.78. The first-order valence-electron chi connectivity index (χ1n) is 6.98. The molecule has 0 bridgehead atoms. The number of anilines is 1. The van der Waals surface area contributed by atoms with E-state index in [-0.39, 0.29) is 9.79 Å². The smallest absolute Gasteiger partial charge is 0.177 e. The molecule has 0 aliphatic carbocycles. The molecule has 0 spiro atoms. The minimum atomic E-state index is -3.59. The zero-order valence-corrected chi connectivity index (χ0v) is 15.9. The Morgan fingerprint density at radius 3 is 2.17 bits per heavy atom. The third kappa shape index (κ3) is 4.49. The summed E-state index contributed by atoms with van der Waals surface area (Å²) in [5.41, 5.74) is 1.35. The molecule has 2 aromatic carbocycles. The lowest BCUT2D eigenvalue weighted by Crippen LogP contribution is -2.19.